The van der Waals surface area contributed by atoms with Crippen LogP contribution in [0.2, 0.25) is 0 Å². The van der Waals surface area contributed by atoms with Crippen molar-refractivity contribution in [2.75, 3.05) is 6.54 Å². The first kappa shape index (κ1) is 16.5. The first-order valence-corrected chi connectivity index (χ1v) is 7.58. The van der Waals surface area contributed by atoms with Gasteiger partial charge in [0.15, 0.2) is 0 Å². The predicted octanol–water partition coefficient (Wildman–Crippen LogP) is 2.14. The Morgan fingerprint density at radius 2 is 1.85 bits per heavy atom. The predicted molar refractivity (Wildman–Crippen MR) is 75.0 cm³/mol. The molecular formula is C13H19NO5S. The number of alkyl carbamates (subject to hydrolysis) is 1. The molecule has 1 aromatic rings. The van der Waals surface area contributed by atoms with E-state index in [0.29, 0.717) is 5.56 Å². The normalized spacial score (nSPS) is 13.6. The van der Waals surface area contributed by atoms with Crippen molar-refractivity contribution in [3.8, 4) is 0 Å². The maximum absolute atomic E-state index is 11.5. The van der Waals surface area contributed by atoms with Gasteiger partial charge in [-0.2, -0.15) is 8.42 Å². The van der Waals surface area contributed by atoms with Crippen LogP contribution >= 0.6 is 0 Å². The highest BCUT2D eigenvalue weighted by Gasteiger charge is 2.26. The van der Waals surface area contributed by atoms with Gasteiger partial charge in [0.25, 0.3) is 10.1 Å². The van der Waals surface area contributed by atoms with Gasteiger partial charge in [0.1, 0.15) is 10.9 Å². The fraction of sp³-hybridized carbons (Fsp3) is 0.462. The lowest BCUT2D eigenvalue weighted by atomic mass is 10.1. The molecule has 1 unspecified atom stereocenters. The molecule has 112 valence electrons. The van der Waals surface area contributed by atoms with Gasteiger partial charge in [-0.3, -0.25) is 4.55 Å². The minimum absolute atomic E-state index is 0.266. The summed E-state index contributed by atoms with van der Waals surface area (Å²) in [6.07, 6.45) is -0.734. The largest absolute Gasteiger partial charge is 0.444 e. The van der Waals surface area contributed by atoms with E-state index < -0.39 is 27.1 Å². The molecule has 0 aliphatic carbocycles. The summed E-state index contributed by atoms with van der Waals surface area (Å²) in [5.74, 6) is 0. The van der Waals surface area contributed by atoms with Crippen molar-refractivity contribution in [2.45, 2.75) is 31.6 Å². The average molecular weight is 301 g/mol. The van der Waals surface area contributed by atoms with Crippen LogP contribution in [0.15, 0.2) is 30.3 Å². The summed E-state index contributed by atoms with van der Waals surface area (Å²) in [4.78, 5) is 11.5. The van der Waals surface area contributed by atoms with E-state index in [2.05, 4.69) is 5.32 Å². The molecule has 0 aliphatic heterocycles. The zero-order valence-corrected chi connectivity index (χ0v) is 12.5. The molecule has 20 heavy (non-hydrogen) atoms. The van der Waals surface area contributed by atoms with Crippen molar-refractivity contribution in [1.29, 1.82) is 0 Å². The van der Waals surface area contributed by atoms with Crippen molar-refractivity contribution >= 4 is 16.2 Å². The molecule has 0 heterocycles. The highest BCUT2D eigenvalue weighted by molar-refractivity contribution is 7.86. The summed E-state index contributed by atoms with van der Waals surface area (Å²) in [6.45, 7) is 4.83. The second-order valence-electron chi connectivity index (χ2n) is 5.30. The number of hydrogen-bond acceptors (Lipinski definition) is 4. The number of benzene rings is 1. The van der Waals surface area contributed by atoms with Gasteiger partial charge in [-0.25, -0.2) is 4.79 Å². The Kier molecular flexibility index (Phi) is 5.13. The average Bonchev–Trinajstić information content (AvgIpc) is 2.26. The smallest absolute Gasteiger partial charge is 0.407 e. The van der Waals surface area contributed by atoms with Crippen LogP contribution < -0.4 is 5.32 Å². The molecule has 0 saturated heterocycles. The molecule has 0 aliphatic rings. The van der Waals surface area contributed by atoms with Crippen molar-refractivity contribution < 1.29 is 22.5 Å². The highest BCUT2D eigenvalue weighted by atomic mass is 32.2. The maximum atomic E-state index is 11.5. The van der Waals surface area contributed by atoms with E-state index in [4.69, 9.17) is 4.74 Å². The Balaban J connectivity index is 2.77. The molecule has 1 amide bonds. The van der Waals surface area contributed by atoms with E-state index >= 15 is 0 Å². The van der Waals surface area contributed by atoms with Crippen LogP contribution in [0.4, 0.5) is 4.79 Å². The molecule has 6 nitrogen and oxygen atoms in total. The quantitative estimate of drug-likeness (QED) is 0.831. The highest BCUT2D eigenvalue weighted by Crippen LogP contribution is 2.20. The van der Waals surface area contributed by atoms with E-state index in [1.165, 1.54) is 0 Å². The van der Waals surface area contributed by atoms with Crippen LogP contribution in [0.3, 0.4) is 0 Å². The number of ether oxygens (including phenoxy) is 1. The van der Waals surface area contributed by atoms with Crippen LogP contribution in [0, 0.1) is 0 Å². The summed E-state index contributed by atoms with van der Waals surface area (Å²) >= 11 is 0. The number of carbonyl (C=O) groups excluding carboxylic acids is 1. The lowest BCUT2D eigenvalue weighted by Gasteiger charge is -2.21. The Labute approximate surface area is 118 Å². The van der Waals surface area contributed by atoms with Crippen LogP contribution in [0.1, 0.15) is 31.6 Å². The molecule has 1 aromatic carbocycles. The molecule has 7 heteroatoms. The number of nitrogens with one attached hydrogen (secondary N) is 1. The van der Waals surface area contributed by atoms with Crippen molar-refractivity contribution in [2.24, 2.45) is 0 Å². The van der Waals surface area contributed by atoms with Gasteiger partial charge in [-0.1, -0.05) is 30.3 Å². The Morgan fingerprint density at radius 3 is 2.30 bits per heavy atom. The first-order chi connectivity index (χ1) is 9.09. The topological polar surface area (TPSA) is 92.7 Å². The zero-order chi connectivity index (χ0) is 15.4. The molecule has 0 fully saturated rings. The van der Waals surface area contributed by atoms with Crippen molar-refractivity contribution in [1.82, 2.24) is 5.32 Å². The monoisotopic (exact) mass is 301 g/mol. The molecule has 0 bridgehead atoms. The van der Waals surface area contributed by atoms with Crippen LogP contribution in [0.5, 0.6) is 0 Å². The van der Waals surface area contributed by atoms with E-state index in [0.717, 1.165) is 0 Å². The van der Waals surface area contributed by atoms with Crippen LogP contribution in [-0.2, 0) is 14.9 Å². The fourth-order valence-corrected chi connectivity index (χ4v) is 2.35. The number of rotatable bonds is 4. The molecule has 0 aromatic heterocycles. The van der Waals surface area contributed by atoms with Gasteiger partial charge in [0, 0.05) is 6.54 Å². The lowest BCUT2D eigenvalue weighted by molar-refractivity contribution is 0.0528. The standard InChI is InChI=1S/C13H19NO5S/c1-13(2,3)19-12(15)14-9-11(20(16,17)18)10-7-5-4-6-8-10/h4-8,11H,9H2,1-3H3,(H,14,15)(H,16,17,18). The first-order valence-electron chi connectivity index (χ1n) is 6.08. The molecular weight excluding hydrogens is 282 g/mol. The molecule has 0 radical (unpaired) electrons. The minimum atomic E-state index is -4.33. The molecule has 1 atom stereocenters. The number of amides is 1. The van der Waals surface area contributed by atoms with E-state index in [-0.39, 0.29) is 6.54 Å². The van der Waals surface area contributed by atoms with Gasteiger partial charge in [-0.05, 0) is 26.3 Å². The second-order valence-corrected chi connectivity index (χ2v) is 6.90. The minimum Gasteiger partial charge on any atom is -0.444 e. The maximum Gasteiger partial charge on any atom is 0.407 e. The summed E-state index contributed by atoms with van der Waals surface area (Å²) in [5.41, 5.74) is -0.282. The SMILES string of the molecule is CC(C)(C)OC(=O)NCC(c1ccccc1)S(=O)(=O)O. The zero-order valence-electron chi connectivity index (χ0n) is 11.7. The third-order valence-electron chi connectivity index (χ3n) is 2.36. The number of hydrogen-bond donors (Lipinski definition) is 2. The Morgan fingerprint density at radius 1 is 1.30 bits per heavy atom. The van der Waals surface area contributed by atoms with Crippen LogP contribution in [0.25, 0.3) is 0 Å². The van der Waals surface area contributed by atoms with E-state index in [9.17, 15) is 17.8 Å². The second kappa shape index (κ2) is 6.23. The summed E-state index contributed by atoms with van der Waals surface area (Å²) in [7, 11) is -4.33. The van der Waals surface area contributed by atoms with Crippen molar-refractivity contribution in [3.05, 3.63) is 35.9 Å². The van der Waals surface area contributed by atoms with Gasteiger partial charge in [0.05, 0.1) is 0 Å². The molecule has 0 saturated carbocycles. The molecule has 0 spiro atoms. The van der Waals surface area contributed by atoms with Crippen molar-refractivity contribution in [3.63, 3.8) is 0 Å². The Bertz CT molecular complexity index is 548. The molecule has 1 rings (SSSR count). The van der Waals surface area contributed by atoms with Gasteiger partial charge in [0.2, 0.25) is 0 Å². The summed E-state index contributed by atoms with van der Waals surface area (Å²) in [6, 6.07) is 8.16. The van der Waals surface area contributed by atoms with Crippen LogP contribution in [-0.4, -0.2) is 31.2 Å². The van der Waals surface area contributed by atoms with Gasteiger partial charge in [-0.15, -0.1) is 0 Å². The third-order valence-corrected chi connectivity index (χ3v) is 3.52. The molecule has 2 N–H and O–H groups in total. The van der Waals surface area contributed by atoms with E-state index in [1.807, 2.05) is 0 Å². The summed E-state index contributed by atoms with van der Waals surface area (Å²) < 4.78 is 37.1. The fourth-order valence-electron chi connectivity index (χ4n) is 1.55. The third kappa shape index (κ3) is 5.58. The van der Waals surface area contributed by atoms with Gasteiger partial charge < -0.3 is 10.1 Å². The number of carbonyl (C=O) groups is 1. The van der Waals surface area contributed by atoms with E-state index in [1.54, 1.807) is 51.1 Å². The Hall–Kier alpha value is -1.60. The van der Waals surface area contributed by atoms with Gasteiger partial charge >= 0.3 is 6.09 Å². The summed E-state index contributed by atoms with van der Waals surface area (Å²) in [5, 5.41) is 1.12. The lowest BCUT2D eigenvalue weighted by Crippen LogP contribution is -2.36.